The van der Waals surface area contributed by atoms with Gasteiger partial charge in [-0.1, -0.05) is 46.8 Å². The van der Waals surface area contributed by atoms with Crippen molar-refractivity contribution in [2.45, 2.75) is 164 Å². The third-order valence-electron chi connectivity index (χ3n) is 17.4. The molecule has 5 saturated carbocycles. The number of amides is 2. The van der Waals surface area contributed by atoms with Gasteiger partial charge in [0, 0.05) is 37.9 Å². The number of allylic oxidation sites excluding steroid dienone is 1. The quantitative estimate of drug-likeness (QED) is 0.192. The van der Waals surface area contributed by atoms with E-state index in [1.807, 2.05) is 0 Å². The highest BCUT2D eigenvalue weighted by molar-refractivity contribution is 5.81. The number of nitrogens with one attached hydrogen (secondary N) is 1. The predicted octanol–water partition coefficient (Wildman–Crippen LogP) is 8.57. The van der Waals surface area contributed by atoms with E-state index in [4.69, 9.17) is 4.74 Å². The molecule has 0 bridgehead atoms. The Hall–Kier alpha value is -2.38. The number of hydrogen-bond acceptors (Lipinski definition) is 5. The lowest BCUT2D eigenvalue weighted by molar-refractivity contribution is -0.250. The van der Waals surface area contributed by atoms with Crippen molar-refractivity contribution in [3.8, 4) is 0 Å². The maximum atomic E-state index is 14.2. The summed E-state index contributed by atoms with van der Waals surface area (Å²) < 4.78 is 6.18. The van der Waals surface area contributed by atoms with Gasteiger partial charge in [-0.3, -0.25) is 19.2 Å². The molecule has 0 radical (unpaired) electrons. The van der Waals surface area contributed by atoms with Gasteiger partial charge in [0.05, 0.1) is 11.8 Å². The Bertz CT molecular complexity index is 1460. The summed E-state index contributed by atoms with van der Waals surface area (Å²) >= 11 is 0. The zero-order chi connectivity index (χ0) is 38.2. The number of aliphatic carboxylic acids is 1. The molecule has 8 heteroatoms. The zero-order valence-corrected chi connectivity index (χ0v) is 34.0. The molecule has 6 rings (SSSR count). The second kappa shape index (κ2) is 13.4. The second-order valence-electron chi connectivity index (χ2n) is 20.8. The van der Waals surface area contributed by atoms with Crippen LogP contribution in [0.1, 0.15) is 152 Å². The summed E-state index contributed by atoms with van der Waals surface area (Å²) in [6, 6.07) is 0.168. The Balaban J connectivity index is 1.22. The predicted molar refractivity (Wildman–Crippen MR) is 203 cm³/mol. The molecule has 0 aromatic heterocycles. The van der Waals surface area contributed by atoms with Gasteiger partial charge < -0.3 is 20.1 Å². The highest BCUT2D eigenvalue weighted by Gasteiger charge is 2.71. The van der Waals surface area contributed by atoms with Crippen molar-refractivity contribution < 1.29 is 29.0 Å². The fraction of sp³-hybridized carbons (Fsp3) is 0.864. The average molecular weight is 723 g/mol. The van der Waals surface area contributed by atoms with E-state index < -0.39 is 17.4 Å². The summed E-state index contributed by atoms with van der Waals surface area (Å²) in [5.41, 5.74) is 0.453. The molecule has 0 unspecified atom stereocenters. The fourth-order valence-electron chi connectivity index (χ4n) is 14.4. The molecule has 5 aliphatic carbocycles. The van der Waals surface area contributed by atoms with Crippen molar-refractivity contribution in [1.29, 1.82) is 0 Å². The number of ether oxygens (including phenoxy) is 1. The number of carbonyl (C=O) groups is 4. The van der Waals surface area contributed by atoms with Crippen molar-refractivity contribution in [3.63, 3.8) is 0 Å². The van der Waals surface area contributed by atoms with E-state index in [0.29, 0.717) is 41.9 Å². The number of rotatable bonds is 8. The van der Waals surface area contributed by atoms with Gasteiger partial charge in [0.2, 0.25) is 11.8 Å². The standard InChI is InChI=1S/C44H70N2O6/c1-27(2)30-13-20-44(25-35(48)46-23-16-29(17-24-46)45-28(3)47)22-21-42(9)31(37(30)44)11-12-33-41(8)18-15-34(52-36(49)26-39(4,5)38(50)51)40(6,7)32(41)14-19-43(33,42)10/h29-34,37H,1,11-26H2,2-10H3,(H,45,47)(H,50,51)/t30-,31+,32-,33+,34-,37+,41-,42+,43+,44+/m0/s1. The van der Waals surface area contributed by atoms with E-state index in [9.17, 15) is 24.3 Å². The van der Waals surface area contributed by atoms with Gasteiger partial charge in [0.1, 0.15) is 6.10 Å². The third-order valence-corrected chi connectivity index (χ3v) is 17.4. The Morgan fingerprint density at radius 3 is 2.12 bits per heavy atom. The molecular formula is C44H70N2O6. The minimum absolute atomic E-state index is 0.00973. The van der Waals surface area contributed by atoms with Crippen molar-refractivity contribution >= 4 is 23.8 Å². The maximum Gasteiger partial charge on any atom is 0.309 e. The molecule has 10 atom stereocenters. The van der Waals surface area contributed by atoms with Crippen LogP contribution in [0.2, 0.25) is 0 Å². The number of likely N-dealkylation sites (tertiary alicyclic amines) is 1. The van der Waals surface area contributed by atoms with E-state index in [2.05, 4.69) is 58.3 Å². The van der Waals surface area contributed by atoms with Crippen LogP contribution in [0.25, 0.3) is 0 Å². The topological polar surface area (TPSA) is 113 Å². The number of carbonyl (C=O) groups excluding carboxylic acids is 3. The first-order chi connectivity index (χ1) is 24.1. The smallest absolute Gasteiger partial charge is 0.309 e. The van der Waals surface area contributed by atoms with Crippen molar-refractivity contribution in [2.75, 3.05) is 13.1 Å². The normalized spacial score (nSPS) is 41.4. The minimum Gasteiger partial charge on any atom is -0.481 e. The summed E-state index contributed by atoms with van der Waals surface area (Å²) in [7, 11) is 0. The van der Waals surface area contributed by atoms with E-state index >= 15 is 0 Å². The van der Waals surface area contributed by atoms with E-state index in [-0.39, 0.29) is 51.5 Å². The van der Waals surface area contributed by atoms with E-state index in [1.54, 1.807) is 20.8 Å². The molecule has 8 nitrogen and oxygen atoms in total. The van der Waals surface area contributed by atoms with Crippen LogP contribution in [0.15, 0.2) is 12.2 Å². The lowest BCUT2D eigenvalue weighted by Gasteiger charge is -2.73. The van der Waals surface area contributed by atoms with Crippen molar-refractivity contribution in [3.05, 3.63) is 12.2 Å². The average Bonchev–Trinajstić information content (AvgIpc) is 3.42. The lowest BCUT2D eigenvalue weighted by Crippen LogP contribution is -2.67. The van der Waals surface area contributed by atoms with Crippen LogP contribution < -0.4 is 5.32 Å². The molecule has 6 fully saturated rings. The van der Waals surface area contributed by atoms with Crippen molar-refractivity contribution in [1.82, 2.24) is 10.2 Å². The first-order valence-electron chi connectivity index (χ1n) is 20.7. The minimum atomic E-state index is -1.15. The van der Waals surface area contributed by atoms with E-state index in [1.165, 1.54) is 31.3 Å². The van der Waals surface area contributed by atoms with Crippen LogP contribution in [-0.2, 0) is 23.9 Å². The van der Waals surface area contributed by atoms with Crippen LogP contribution in [0.5, 0.6) is 0 Å². The Morgan fingerprint density at radius 1 is 0.827 bits per heavy atom. The summed E-state index contributed by atoms with van der Waals surface area (Å²) in [5, 5.41) is 12.7. The molecule has 0 aromatic rings. The van der Waals surface area contributed by atoms with E-state index in [0.717, 1.165) is 64.5 Å². The van der Waals surface area contributed by atoms with Crippen molar-refractivity contribution in [2.24, 2.45) is 62.1 Å². The van der Waals surface area contributed by atoms with Crippen LogP contribution in [0, 0.1) is 62.1 Å². The van der Waals surface area contributed by atoms with Gasteiger partial charge in [-0.25, -0.2) is 0 Å². The van der Waals surface area contributed by atoms with Gasteiger partial charge in [0.15, 0.2) is 0 Å². The molecule has 52 heavy (non-hydrogen) atoms. The molecule has 0 spiro atoms. The summed E-state index contributed by atoms with van der Waals surface area (Å²) in [5.74, 6) is 1.45. The first-order valence-corrected chi connectivity index (χ1v) is 20.7. The largest absolute Gasteiger partial charge is 0.481 e. The van der Waals surface area contributed by atoms with Crippen LogP contribution in [0.3, 0.4) is 0 Å². The number of carboxylic acids is 1. The van der Waals surface area contributed by atoms with Gasteiger partial charge in [-0.15, -0.1) is 0 Å². The number of nitrogens with zero attached hydrogens (tertiary/aromatic N) is 1. The van der Waals surface area contributed by atoms with Crippen LogP contribution in [0.4, 0.5) is 0 Å². The van der Waals surface area contributed by atoms with Gasteiger partial charge in [-0.2, -0.15) is 0 Å². The number of fused-ring (bicyclic) bond motifs is 7. The molecule has 2 amide bonds. The molecular weight excluding hydrogens is 652 g/mol. The molecule has 0 aromatic carbocycles. The van der Waals surface area contributed by atoms with Gasteiger partial charge in [-0.05, 0) is 149 Å². The first kappa shape index (κ1) is 39.3. The second-order valence-corrected chi connectivity index (χ2v) is 20.8. The Morgan fingerprint density at radius 2 is 1.50 bits per heavy atom. The van der Waals surface area contributed by atoms with Gasteiger partial charge >= 0.3 is 11.9 Å². The fourth-order valence-corrected chi connectivity index (χ4v) is 14.4. The van der Waals surface area contributed by atoms with Crippen LogP contribution >= 0.6 is 0 Å². The molecule has 1 saturated heterocycles. The Labute approximate surface area is 314 Å². The maximum absolute atomic E-state index is 14.2. The number of carboxylic acid groups (broad SMARTS) is 1. The van der Waals surface area contributed by atoms with Crippen LogP contribution in [-0.4, -0.2) is 59.0 Å². The van der Waals surface area contributed by atoms with Gasteiger partial charge in [0.25, 0.3) is 0 Å². The molecule has 292 valence electrons. The molecule has 1 aliphatic heterocycles. The monoisotopic (exact) mass is 723 g/mol. The number of esters is 1. The summed E-state index contributed by atoms with van der Waals surface area (Å²) in [6.45, 7) is 25.5. The highest BCUT2D eigenvalue weighted by atomic mass is 16.5. The molecule has 1 heterocycles. The summed E-state index contributed by atoms with van der Waals surface area (Å²) in [6.07, 6.45) is 13.1. The zero-order valence-electron chi connectivity index (χ0n) is 34.0. The number of piperidine rings is 1. The SMILES string of the molecule is C=C(C)[C@@H]1CC[C@]2(CC(=O)N3CCC(NC(C)=O)CC3)CC[C@]3(C)[C@H](CC[C@@H]4[C@@]5(C)CC[C@H](OC(=O)CC(C)(C)C(=O)O)C(C)(C)[C@@H]5CC[C@]43C)[C@@H]12. The number of hydrogen-bond donors (Lipinski definition) is 2. The lowest BCUT2D eigenvalue weighted by atomic mass is 9.32. The highest BCUT2D eigenvalue weighted by Crippen LogP contribution is 2.78. The third kappa shape index (κ3) is 6.26. The molecule has 2 N–H and O–H groups in total. The summed E-state index contributed by atoms with van der Waals surface area (Å²) in [4.78, 5) is 52.7. The Kier molecular flexibility index (Phi) is 10.2. The molecule has 6 aliphatic rings.